The summed E-state index contributed by atoms with van der Waals surface area (Å²) in [5.74, 6) is -1.90. The lowest BCUT2D eigenvalue weighted by Gasteiger charge is -2.23. The van der Waals surface area contributed by atoms with Gasteiger partial charge in [0, 0.05) is 17.8 Å². The monoisotopic (exact) mass is 424 g/mol. The second kappa shape index (κ2) is 11.3. The predicted molar refractivity (Wildman–Crippen MR) is 118 cm³/mol. The Balaban J connectivity index is 1.44. The van der Waals surface area contributed by atoms with E-state index in [0.29, 0.717) is 17.9 Å². The van der Waals surface area contributed by atoms with Gasteiger partial charge >= 0.3 is 17.8 Å². The van der Waals surface area contributed by atoms with Crippen molar-refractivity contribution in [2.75, 3.05) is 25.0 Å². The Hall–Kier alpha value is -3.19. The van der Waals surface area contributed by atoms with Crippen molar-refractivity contribution >= 4 is 23.5 Å². The number of carbonyl (C=O) groups is 3. The molecule has 3 rings (SSSR count). The van der Waals surface area contributed by atoms with E-state index in [0.717, 1.165) is 12.1 Å². The summed E-state index contributed by atoms with van der Waals surface area (Å²) in [4.78, 5) is 37.5. The first-order chi connectivity index (χ1) is 15.0. The fourth-order valence-corrected chi connectivity index (χ4v) is 3.65. The van der Waals surface area contributed by atoms with Gasteiger partial charge in [0.25, 0.3) is 0 Å². The Morgan fingerprint density at radius 3 is 2.16 bits per heavy atom. The van der Waals surface area contributed by atoms with Crippen LogP contribution in [0.25, 0.3) is 0 Å². The molecule has 7 nitrogen and oxygen atoms in total. The third-order valence-corrected chi connectivity index (χ3v) is 5.35. The van der Waals surface area contributed by atoms with Crippen LogP contribution in [-0.4, -0.2) is 37.5 Å². The van der Waals surface area contributed by atoms with Crippen LogP contribution in [0.2, 0.25) is 0 Å². The summed E-state index contributed by atoms with van der Waals surface area (Å²) in [6.45, 7) is 5.81. The number of hydrogen-bond donors (Lipinski definition) is 3. The van der Waals surface area contributed by atoms with E-state index >= 15 is 0 Å². The summed E-state index contributed by atoms with van der Waals surface area (Å²) >= 11 is 0. The van der Waals surface area contributed by atoms with Crippen LogP contribution in [-0.2, 0) is 27.4 Å². The summed E-state index contributed by atoms with van der Waals surface area (Å²) in [5.41, 5.74) is 3.04. The van der Waals surface area contributed by atoms with Gasteiger partial charge in [0.1, 0.15) is 6.54 Å². The van der Waals surface area contributed by atoms with E-state index in [1.165, 1.54) is 37.9 Å². The number of quaternary nitrogens is 1. The van der Waals surface area contributed by atoms with Gasteiger partial charge in [-0.15, -0.1) is 0 Å². The average molecular weight is 425 g/mol. The number of anilines is 1. The van der Waals surface area contributed by atoms with Crippen LogP contribution < -0.4 is 15.5 Å². The zero-order chi connectivity index (χ0) is 22.1. The van der Waals surface area contributed by atoms with Gasteiger partial charge < -0.3 is 20.3 Å². The van der Waals surface area contributed by atoms with Gasteiger partial charge in [-0.1, -0.05) is 24.3 Å². The summed E-state index contributed by atoms with van der Waals surface area (Å²) in [6, 6.07) is 14.4. The van der Waals surface area contributed by atoms with Crippen molar-refractivity contribution in [3.63, 3.8) is 0 Å². The highest BCUT2D eigenvalue weighted by atomic mass is 16.5. The maximum Gasteiger partial charge on any atom is 0.338 e. The van der Waals surface area contributed by atoms with Crippen LogP contribution in [0.1, 0.15) is 47.7 Å². The number of ether oxygens (including phenoxy) is 1. The summed E-state index contributed by atoms with van der Waals surface area (Å²) < 4.78 is 4.91. The molecule has 0 saturated carbocycles. The maximum atomic E-state index is 12.1. The zero-order valence-corrected chi connectivity index (χ0v) is 17.9. The first-order valence-electron chi connectivity index (χ1n) is 10.8. The third kappa shape index (κ3) is 6.93. The maximum absolute atomic E-state index is 12.1. The lowest BCUT2D eigenvalue weighted by atomic mass is 10.1. The van der Waals surface area contributed by atoms with Crippen LogP contribution in [0.4, 0.5) is 5.69 Å². The molecule has 0 aliphatic carbocycles. The molecule has 31 heavy (non-hydrogen) atoms. The quantitative estimate of drug-likeness (QED) is 0.466. The predicted octanol–water partition coefficient (Wildman–Crippen LogP) is 1.69. The normalized spacial score (nSPS) is 14.0. The molecule has 1 heterocycles. The zero-order valence-electron chi connectivity index (χ0n) is 17.9. The topological polar surface area (TPSA) is 88.9 Å². The standard InChI is InChI=1S/C24H29N3O4/c1-2-31-24(30)20-10-12-21(13-11-20)26-23(29)22(28)25-16-18-6-8-19(9-7-18)17-27-14-4-3-5-15-27/h6-13H,2-5,14-17H2,1H3,(H,25,28)(H,26,29)/p+1. The van der Waals surface area contributed by atoms with Crippen LogP contribution >= 0.6 is 0 Å². The minimum atomic E-state index is -0.755. The van der Waals surface area contributed by atoms with Crippen LogP contribution in [0.5, 0.6) is 0 Å². The van der Waals surface area contributed by atoms with Crippen molar-refractivity contribution in [2.45, 2.75) is 39.3 Å². The number of piperidine rings is 1. The van der Waals surface area contributed by atoms with E-state index in [1.807, 2.05) is 12.1 Å². The first kappa shape index (κ1) is 22.5. The van der Waals surface area contributed by atoms with Crippen molar-refractivity contribution in [3.05, 3.63) is 65.2 Å². The fraction of sp³-hybridized carbons (Fsp3) is 0.375. The van der Waals surface area contributed by atoms with Crippen molar-refractivity contribution in [2.24, 2.45) is 0 Å². The molecule has 0 unspecified atom stereocenters. The molecule has 1 saturated heterocycles. The third-order valence-electron chi connectivity index (χ3n) is 5.35. The number of carbonyl (C=O) groups excluding carboxylic acids is 3. The molecule has 0 bridgehead atoms. The Morgan fingerprint density at radius 2 is 1.52 bits per heavy atom. The molecule has 0 atom stereocenters. The molecule has 1 fully saturated rings. The van der Waals surface area contributed by atoms with E-state index in [-0.39, 0.29) is 6.54 Å². The lowest BCUT2D eigenvalue weighted by Crippen LogP contribution is -3.11. The summed E-state index contributed by atoms with van der Waals surface area (Å²) in [7, 11) is 0. The van der Waals surface area contributed by atoms with Crippen LogP contribution in [0.3, 0.4) is 0 Å². The number of benzene rings is 2. The molecule has 0 radical (unpaired) electrons. The number of nitrogens with one attached hydrogen (secondary N) is 3. The molecule has 0 spiro atoms. The van der Waals surface area contributed by atoms with Gasteiger partial charge in [-0.25, -0.2) is 4.79 Å². The molecular weight excluding hydrogens is 394 g/mol. The fourth-order valence-electron chi connectivity index (χ4n) is 3.65. The van der Waals surface area contributed by atoms with Gasteiger partial charge in [-0.3, -0.25) is 9.59 Å². The van der Waals surface area contributed by atoms with Crippen molar-refractivity contribution in [3.8, 4) is 0 Å². The van der Waals surface area contributed by atoms with Gasteiger partial charge in [0.2, 0.25) is 0 Å². The Bertz CT molecular complexity index is 888. The van der Waals surface area contributed by atoms with E-state index in [2.05, 4.69) is 22.8 Å². The van der Waals surface area contributed by atoms with Crippen molar-refractivity contribution in [1.29, 1.82) is 0 Å². The van der Waals surface area contributed by atoms with Crippen molar-refractivity contribution < 1.29 is 24.0 Å². The number of rotatable bonds is 7. The lowest BCUT2D eigenvalue weighted by molar-refractivity contribution is -0.918. The highest BCUT2D eigenvalue weighted by molar-refractivity contribution is 6.39. The second-order valence-electron chi connectivity index (χ2n) is 7.74. The largest absolute Gasteiger partial charge is 0.462 e. The van der Waals surface area contributed by atoms with Gasteiger partial charge in [-0.05, 0) is 56.0 Å². The molecule has 2 aromatic carbocycles. The SMILES string of the molecule is CCOC(=O)c1ccc(NC(=O)C(=O)NCc2ccc(C[NH+]3CCCCC3)cc2)cc1. The van der Waals surface area contributed by atoms with Crippen LogP contribution in [0.15, 0.2) is 48.5 Å². The van der Waals surface area contributed by atoms with Gasteiger partial charge in [-0.2, -0.15) is 0 Å². The Labute approximate surface area is 182 Å². The van der Waals surface area contributed by atoms with Gasteiger partial charge in [0.15, 0.2) is 0 Å². The second-order valence-corrected chi connectivity index (χ2v) is 7.74. The number of amides is 2. The molecule has 0 aromatic heterocycles. The Kier molecular flexibility index (Phi) is 8.18. The van der Waals surface area contributed by atoms with E-state index in [4.69, 9.17) is 4.74 Å². The first-order valence-corrected chi connectivity index (χ1v) is 10.8. The molecule has 2 amide bonds. The minimum Gasteiger partial charge on any atom is -0.462 e. The molecule has 164 valence electrons. The molecule has 1 aliphatic rings. The molecular formula is C24H30N3O4+. The van der Waals surface area contributed by atoms with E-state index < -0.39 is 17.8 Å². The van der Waals surface area contributed by atoms with E-state index in [9.17, 15) is 14.4 Å². The number of esters is 1. The van der Waals surface area contributed by atoms with Crippen molar-refractivity contribution in [1.82, 2.24) is 5.32 Å². The minimum absolute atomic E-state index is 0.283. The molecule has 1 aliphatic heterocycles. The summed E-state index contributed by atoms with van der Waals surface area (Å²) in [6.07, 6.45) is 3.95. The smallest absolute Gasteiger partial charge is 0.338 e. The molecule has 2 aromatic rings. The van der Waals surface area contributed by atoms with Gasteiger partial charge in [0.05, 0.1) is 25.3 Å². The number of likely N-dealkylation sites (tertiary alicyclic amines) is 1. The number of hydrogen-bond acceptors (Lipinski definition) is 4. The average Bonchev–Trinajstić information content (AvgIpc) is 2.79. The van der Waals surface area contributed by atoms with Crippen LogP contribution in [0, 0.1) is 0 Å². The molecule has 3 N–H and O–H groups in total. The summed E-state index contributed by atoms with van der Waals surface area (Å²) in [5, 5.41) is 5.16. The highest BCUT2D eigenvalue weighted by Gasteiger charge is 2.15. The van der Waals surface area contributed by atoms with E-state index in [1.54, 1.807) is 36.1 Å². The highest BCUT2D eigenvalue weighted by Crippen LogP contribution is 2.11. The Morgan fingerprint density at radius 1 is 0.871 bits per heavy atom. The molecule has 7 heteroatoms.